The molecule has 0 atom stereocenters. The fourth-order valence-electron chi connectivity index (χ4n) is 2.13. The van der Waals surface area contributed by atoms with Crippen LogP contribution in [0, 0.1) is 0 Å². The smallest absolute Gasteiger partial charge is 0.194 e. The molecule has 4 heteroatoms. The lowest BCUT2D eigenvalue weighted by molar-refractivity contribution is 1.60. The first-order chi connectivity index (χ1) is 9.09. The zero-order chi connectivity index (χ0) is 13.6. The molecule has 94 valence electrons. The largest absolute Gasteiger partial charge is 0.289 e. The zero-order valence-corrected chi connectivity index (χ0v) is 14.3. The van der Waals surface area contributed by atoms with E-state index in [-0.39, 0.29) is 5.43 Å². The van der Waals surface area contributed by atoms with Crippen molar-refractivity contribution in [2.45, 2.75) is 0 Å². The molecule has 3 aromatic rings. The molecule has 0 saturated heterocycles. The zero-order valence-electron chi connectivity index (χ0n) is 9.58. The predicted molar refractivity (Wildman–Crippen MR) is 90.8 cm³/mol. The molecule has 0 unspecified atom stereocenters. The van der Waals surface area contributed by atoms with Crippen LogP contribution in [0.5, 0.6) is 0 Å². The van der Waals surface area contributed by atoms with Gasteiger partial charge in [-0.3, -0.25) is 4.79 Å². The van der Waals surface area contributed by atoms with E-state index >= 15 is 0 Å². The summed E-state index contributed by atoms with van der Waals surface area (Å²) in [6, 6.07) is 13.4. The van der Waals surface area contributed by atoms with E-state index in [4.69, 9.17) is 0 Å². The first-order valence-corrected chi connectivity index (χ1v) is 7.97. The van der Waals surface area contributed by atoms with E-state index in [1.54, 1.807) is 0 Å². The highest BCUT2D eigenvalue weighted by molar-refractivity contribution is 9.14. The van der Waals surface area contributed by atoms with Crippen LogP contribution in [0.3, 0.4) is 0 Å². The van der Waals surface area contributed by atoms with Crippen molar-refractivity contribution in [3.8, 4) is 0 Å². The molecular formula is C15H7Br3O. The summed E-state index contributed by atoms with van der Waals surface area (Å²) >= 11 is 10.5. The second-order valence-electron chi connectivity index (χ2n) is 4.20. The quantitative estimate of drug-likeness (QED) is 0.412. The maximum Gasteiger partial charge on any atom is 0.194 e. The lowest BCUT2D eigenvalue weighted by Crippen LogP contribution is -1.98. The minimum absolute atomic E-state index is 0.0458. The van der Waals surface area contributed by atoms with Crippen molar-refractivity contribution in [3.63, 3.8) is 0 Å². The molecule has 0 fully saturated rings. The van der Waals surface area contributed by atoms with E-state index < -0.39 is 0 Å². The van der Waals surface area contributed by atoms with Crippen LogP contribution in [0.1, 0.15) is 0 Å². The maximum absolute atomic E-state index is 12.6. The third-order valence-corrected chi connectivity index (χ3v) is 6.42. The van der Waals surface area contributed by atoms with Gasteiger partial charge in [-0.05, 0) is 59.2 Å². The van der Waals surface area contributed by atoms with E-state index in [1.165, 1.54) is 0 Å². The molecule has 0 radical (unpaired) electrons. The van der Waals surface area contributed by atoms with Crippen molar-refractivity contribution >= 4 is 69.3 Å². The van der Waals surface area contributed by atoms with Gasteiger partial charge in [-0.2, -0.15) is 0 Å². The van der Waals surface area contributed by atoms with Gasteiger partial charge in [-0.25, -0.2) is 0 Å². The van der Waals surface area contributed by atoms with Crippen molar-refractivity contribution in [2.75, 3.05) is 0 Å². The molecule has 0 aliphatic rings. The van der Waals surface area contributed by atoms with Gasteiger partial charge in [0.15, 0.2) is 5.43 Å². The third-order valence-electron chi connectivity index (χ3n) is 3.08. The number of hydrogen-bond acceptors (Lipinski definition) is 1. The fourth-order valence-corrected chi connectivity index (χ4v) is 3.71. The lowest BCUT2D eigenvalue weighted by atomic mass is 10.1. The summed E-state index contributed by atoms with van der Waals surface area (Å²) in [5.74, 6) is 0. The van der Waals surface area contributed by atoms with Crippen LogP contribution < -0.4 is 5.43 Å². The first-order valence-electron chi connectivity index (χ1n) is 5.59. The van der Waals surface area contributed by atoms with Gasteiger partial charge in [-0.1, -0.05) is 36.4 Å². The second-order valence-corrected chi connectivity index (χ2v) is 6.64. The molecule has 0 amide bonds. The van der Waals surface area contributed by atoms with Gasteiger partial charge in [-0.15, -0.1) is 0 Å². The van der Waals surface area contributed by atoms with Crippen LogP contribution in [0.15, 0.2) is 60.7 Å². The Bertz CT molecular complexity index is 872. The Morgan fingerprint density at radius 3 is 2.26 bits per heavy atom. The minimum Gasteiger partial charge on any atom is -0.289 e. The van der Waals surface area contributed by atoms with Gasteiger partial charge in [0, 0.05) is 29.6 Å². The van der Waals surface area contributed by atoms with E-state index in [0.29, 0.717) is 5.39 Å². The van der Waals surface area contributed by atoms with Crippen molar-refractivity contribution in [3.05, 3.63) is 66.1 Å². The molecule has 3 rings (SSSR count). The summed E-state index contributed by atoms with van der Waals surface area (Å²) < 4.78 is 2.66. The van der Waals surface area contributed by atoms with E-state index in [2.05, 4.69) is 47.8 Å². The minimum atomic E-state index is 0.0458. The number of hydrogen-bond donors (Lipinski definition) is 0. The summed E-state index contributed by atoms with van der Waals surface area (Å²) in [4.78, 5) is 12.6. The summed E-state index contributed by atoms with van der Waals surface area (Å²) in [7, 11) is 0. The molecule has 0 spiro atoms. The summed E-state index contributed by atoms with van der Waals surface area (Å²) in [5, 5.41) is 3.28. The van der Waals surface area contributed by atoms with Crippen LogP contribution >= 0.6 is 47.8 Å². The predicted octanol–water partition coefficient (Wildman–Crippen LogP) is 5.64. The second kappa shape index (κ2) is 5.00. The first kappa shape index (κ1) is 13.3. The van der Waals surface area contributed by atoms with Crippen LogP contribution in [-0.2, 0) is 0 Å². The molecule has 0 bridgehead atoms. The topological polar surface area (TPSA) is 17.1 Å². The van der Waals surface area contributed by atoms with E-state index in [1.807, 2.05) is 42.5 Å². The number of halogens is 3. The molecule has 0 aliphatic carbocycles. The Kier molecular flexibility index (Phi) is 3.50. The van der Waals surface area contributed by atoms with E-state index in [9.17, 15) is 4.79 Å². The molecule has 0 heterocycles. The molecular weight excluding hydrogens is 436 g/mol. The number of benzene rings is 2. The monoisotopic (exact) mass is 440 g/mol. The van der Waals surface area contributed by atoms with Gasteiger partial charge in [0.1, 0.15) is 0 Å². The van der Waals surface area contributed by atoms with Crippen LogP contribution in [-0.4, -0.2) is 0 Å². The Balaban J connectivity index is 2.68. The maximum atomic E-state index is 12.6. The molecule has 0 aliphatic heterocycles. The highest BCUT2D eigenvalue weighted by Crippen LogP contribution is 2.36. The van der Waals surface area contributed by atoms with Gasteiger partial charge < -0.3 is 0 Å². The Morgan fingerprint density at radius 1 is 0.737 bits per heavy atom. The van der Waals surface area contributed by atoms with Crippen molar-refractivity contribution in [1.82, 2.24) is 0 Å². The molecule has 1 nitrogen and oxygen atoms in total. The van der Waals surface area contributed by atoms with Gasteiger partial charge in [0.05, 0.1) is 0 Å². The Morgan fingerprint density at radius 2 is 1.47 bits per heavy atom. The molecule has 0 aromatic heterocycles. The van der Waals surface area contributed by atoms with Crippen molar-refractivity contribution in [1.29, 1.82) is 0 Å². The van der Waals surface area contributed by atoms with Crippen LogP contribution in [0.25, 0.3) is 21.5 Å². The van der Waals surface area contributed by atoms with Gasteiger partial charge >= 0.3 is 0 Å². The SMILES string of the molecule is O=c1c2ccccc2ccc2c(Br)c(Br)c(Br)cc12. The Labute approximate surface area is 135 Å². The van der Waals surface area contributed by atoms with Gasteiger partial charge in [0.2, 0.25) is 0 Å². The summed E-state index contributed by atoms with van der Waals surface area (Å²) in [5.41, 5.74) is 0.0458. The fraction of sp³-hybridized carbons (Fsp3) is 0. The Hall–Kier alpha value is -0.710. The highest BCUT2D eigenvalue weighted by atomic mass is 79.9. The normalized spacial score (nSPS) is 11.1. The van der Waals surface area contributed by atoms with E-state index in [0.717, 1.165) is 29.6 Å². The van der Waals surface area contributed by atoms with Crippen LogP contribution in [0.2, 0.25) is 0 Å². The number of rotatable bonds is 0. The van der Waals surface area contributed by atoms with Crippen molar-refractivity contribution in [2.24, 2.45) is 0 Å². The summed E-state index contributed by atoms with van der Waals surface area (Å²) in [6.07, 6.45) is 0. The number of fused-ring (bicyclic) bond motifs is 2. The van der Waals surface area contributed by atoms with Crippen molar-refractivity contribution < 1.29 is 0 Å². The highest BCUT2D eigenvalue weighted by Gasteiger charge is 2.10. The average Bonchev–Trinajstić information content (AvgIpc) is 2.55. The van der Waals surface area contributed by atoms with Crippen LogP contribution in [0.4, 0.5) is 0 Å². The molecule has 3 aromatic carbocycles. The molecule has 0 saturated carbocycles. The molecule has 0 N–H and O–H groups in total. The third kappa shape index (κ3) is 2.16. The average molecular weight is 443 g/mol. The standard InChI is InChI=1S/C15H7Br3O/c16-12-7-11-10(13(17)14(12)18)6-5-8-3-1-2-4-9(8)15(11)19/h1-7H. The summed E-state index contributed by atoms with van der Waals surface area (Å²) in [6.45, 7) is 0. The molecule has 19 heavy (non-hydrogen) atoms. The van der Waals surface area contributed by atoms with Gasteiger partial charge in [0.25, 0.3) is 0 Å². The lowest BCUT2D eigenvalue weighted by Gasteiger charge is -2.02.